The minimum Gasteiger partial charge on any atom is -0.361 e. The van der Waals surface area contributed by atoms with Gasteiger partial charge < -0.3 is 10.2 Å². The molecule has 0 fully saturated rings. The van der Waals surface area contributed by atoms with Crippen LogP contribution in [0.2, 0.25) is 0 Å². The highest BCUT2D eigenvalue weighted by atomic mass is 19.2. The van der Waals surface area contributed by atoms with Gasteiger partial charge in [-0.2, -0.15) is 0 Å². The molecule has 0 bridgehead atoms. The van der Waals surface area contributed by atoms with Gasteiger partial charge in [0.1, 0.15) is 6.17 Å². The zero-order valence-corrected chi connectivity index (χ0v) is 13.0. The Bertz CT molecular complexity index is 746. The molecule has 1 aliphatic rings. The molecule has 2 aromatic carbocycles. The Kier molecular flexibility index (Phi) is 4.03. The van der Waals surface area contributed by atoms with Crippen LogP contribution < -0.4 is 5.32 Å². The third-order valence-corrected chi connectivity index (χ3v) is 3.84. The van der Waals surface area contributed by atoms with Crippen molar-refractivity contribution in [3.63, 3.8) is 0 Å². The van der Waals surface area contributed by atoms with Gasteiger partial charge >= 0.3 is 0 Å². The van der Waals surface area contributed by atoms with E-state index < -0.39 is 17.8 Å². The number of nitrogens with zero attached hydrogens (tertiary/aromatic N) is 1. The number of nitrogens with one attached hydrogen (secondary N) is 1. The molecule has 3 nitrogen and oxygen atoms in total. The lowest BCUT2D eigenvalue weighted by atomic mass is 10.0. The molecule has 1 atom stereocenters. The highest BCUT2D eigenvalue weighted by Crippen LogP contribution is 2.33. The Morgan fingerprint density at radius 2 is 1.87 bits per heavy atom. The molecule has 120 valence electrons. The minimum absolute atomic E-state index is 0.109. The summed E-state index contributed by atoms with van der Waals surface area (Å²) in [7, 11) is 0. The van der Waals surface area contributed by atoms with Crippen LogP contribution in [-0.2, 0) is 0 Å². The number of hydrogen-bond acceptors (Lipinski definition) is 2. The summed E-state index contributed by atoms with van der Waals surface area (Å²) in [4.78, 5) is 14.5. The molecule has 2 aromatic rings. The first-order chi connectivity index (χ1) is 11.0. The Balaban J connectivity index is 2.05. The van der Waals surface area contributed by atoms with E-state index in [1.54, 1.807) is 11.0 Å². The predicted molar refractivity (Wildman–Crippen MR) is 85.0 cm³/mol. The third kappa shape index (κ3) is 2.91. The van der Waals surface area contributed by atoms with Gasteiger partial charge in [0.05, 0.1) is 5.56 Å². The van der Waals surface area contributed by atoms with Crippen LogP contribution in [0.3, 0.4) is 0 Å². The fraction of sp³-hybridized carbons (Fsp3) is 0.278. The van der Waals surface area contributed by atoms with Crippen molar-refractivity contribution in [3.8, 4) is 0 Å². The largest absolute Gasteiger partial charge is 0.361 e. The van der Waals surface area contributed by atoms with Crippen LogP contribution in [0.25, 0.3) is 0 Å². The highest BCUT2D eigenvalue weighted by Gasteiger charge is 2.33. The zero-order chi connectivity index (χ0) is 16.6. The topological polar surface area (TPSA) is 32.3 Å². The molecule has 5 heteroatoms. The van der Waals surface area contributed by atoms with Gasteiger partial charge in [0, 0.05) is 12.2 Å². The maximum absolute atomic E-state index is 13.6. The van der Waals surface area contributed by atoms with Crippen LogP contribution in [0.5, 0.6) is 0 Å². The molecule has 0 radical (unpaired) electrons. The number of hydrogen-bond donors (Lipinski definition) is 1. The number of carbonyl (C=O) groups is 1. The summed E-state index contributed by atoms with van der Waals surface area (Å²) in [5, 5.41) is 3.26. The van der Waals surface area contributed by atoms with Crippen molar-refractivity contribution < 1.29 is 13.6 Å². The van der Waals surface area contributed by atoms with Gasteiger partial charge in [-0.15, -0.1) is 0 Å². The van der Waals surface area contributed by atoms with E-state index in [0.717, 1.165) is 12.1 Å². The molecule has 3 rings (SSSR count). The minimum atomic E-state index is -0.917. The first kappa shape index (κ1) is 15.5. The third-order valence-electron chi connectivity index (χ3n) is 3.84. The second kappa shape index (κ2) is 5.99. The monoisotopic (exact) mass is 316 g/mol. The van der Waals surface area contributed by atoms with E-state index in [-0.39, 0.29) is 11.8 Å². The summed E-state index contributed by atoms with van der Waals surface area (Å²) in [6.07, 6.45) is -0.519. The van der Waals surface area contributed by atoms with E-state index >= 15 is 0 Å². The smallest absolute Gasteiger partial charge is 0.257 e. The van der Waals surface area contributed by atoms with Crippen LogP contribution in [-0.4, -0.2) is 17.4 Å². The van der Waals surface area contributed by atoms with E-state index in [2.05, 4.69) is 5.32 Å². The molecule has 0 saturated carbocycles. The van der Waals surface area contributed by atoms with Crippen LogP contribution in [0.1, 0.15) is 35.9 Å². The molecule has 1 amide bonds. The molecule has 23 heavy (non-hydrogen) atoms. The fourth-order valence-corrected chi connectivity index (χ4v) is 2.82. The fourth-order valence-electron chi connectivity index (χ4n) is 2.82. The van der Waals surface area contributed by atoms with Crippen molar-refractivity contribution >= 4 is 11.6 Å². The molecule has 0 aliphatic carbocycles. The van der Waals surface area contributed by atoms with E-state index in [1.807, 2.05) is 32.0 Å². The number of anilines is 1. The predicted octanol–water partition coefficient (Wildman–Crippen LogP) is 4.19. The molecule has 0 saturated heterocycles. The average Bonchev–Trinajstić information content (AvgIpc) is 2.52. The molecule has 1 aliphatic heterocycles. The number of para-hydroxylation sites is 1. The van der Waals surface area contributed by atoms with Crippen molar-refractivity contribution in [2.24, 2.45) is 5.92 Å². The van der Waals surface area contributed by atoms with E-state index in [4.69, 9.17) is 0 Å². The Hall–Kier alpha value is -2.43. The van der Waals surface area contributed by atoms with E-state index in [1.165, 1.54) is 6.07 Å². The molecule has 1 heterocycles. The van der Waals surface area contributed by atoms with Gasteiger partial charge in [0.15, 0.2) is 11.6 Å². The van der Waals surface area contributed by atoms with Crippen LogP contribution >= 0.6 is 0 Å². The van der Waals surface area contributed by atoms with Crippen LogP contribution in [0.15, 0.2) is 42.5 Å². The quantitative estimate of drug-likeness (QED) is 0.921. The van der Waals surface area contributed by atoms with Crippen molar-refractivity contribution in [1.29, 1.82) is 0 Å². The van der Waals surface area contributed by atoms with Gasteiger partial charge in [-0.3, -0.25) is 4.79 Å². The molecule has 1 unspecified atom stereocenters. The second-order valence-corrected chi connectivity index (χ2v) is 6.12. The summed E-state index contributed by atoms with van der Waals surface area (Å²) >= 11 is 0. The Morgan fingerprint density at radius 3 is 2.57 bits per heavy atom. The summed E-state index contributed by atoms with van der Waals surface area (Å²) in [5.74, 6) is -1.67. The van der Waals surface area contributed by atoms with E-state index in [9.17, 15) is 13.6 Å². The number of carbonyl (C=O) groups excluding carboxylic acids is 1. The second-order valence-electron chi connectivity index (χ2n) is 6.12. The maximum atomic E-state index is 13.6. The van der Waals surface area contributed by atoms with E-state index in [0.29, 0.717) is 23.4 Å². The first-order valence-electron chi connectivity index (χ1n) is 7.59. The highest BCUT2D eigenvalue weighted by molar-refractivity contribution is 6.01. The standard InChI is InChI=1S/C18H18F2N2O/c1-11(2)10-22-17(12-7-8-14(19)15(20)9-12)21-16-6-4-3-5-13(16)18(22)23/h3-9,11,17,21H,10H2,1-2H3. The maximum Gasteiger partial charge on any atom is 0.257 e. The normalized spacial score (nSPS) is 17.2. The summed E-state index contributed by atoms with van der Waals surface area (Å²) in [6.45, 7) is 4.54. The van der Waals surface area contributed by atoms with Crippen molar-refractivity contribution in [2.75, 3.05) is 11.9 Å². The number of fused-ring (bicyclic) bond motifs is 1. The number of benzene rings is 2. The molecule has 0 aromatic heterocycles. The summed E-state index contributed by atoms with van der Waals surface area (Å²) < 4.78 is 26.8. The lowest BCUT2D eigenvalue weighted by Gasteiger charge is -2.39. The number of rotatable bonds is 3. The molecule has 0 spiro atoms. The van der Waals surface area contributed by atoms with Crippen molar-refractivity contribution in [2.45, 2.75) is 20.0 Å². The van der Waals surface area contributed by atoms with Crippen LogP contribution in [0, 0.1) is 17.6 Å². The van der Waals surface area contributed by atoms with Crippen LogP contribution in [0.4, 0.5) is 14.5 Å². The summed E-state index contributed by atoms with van der Waals surface area (Å²) in [5.41, 5.74) is 1.81. The molecular weight excluding hydrogens is 298 g/mol. The van der Waals surface area contributed by atoms with Gasteiger partial charge in [-0.25, -0.2) is 8.78 Å². The van der Waals surface area contributed by atoms with Crippen molar-refractivity contribution in [1.82, 2.24) is 4.90 Å². The lowest BCUT2D eigenvalue weighted by molar-refractivity contribution is 0.0657. The zero-order valence-electron chi connectivity index (χ0n) is 13.0. The lowest BCUT2D eigenvalue weighted by Crippen LogP contribution is -2.44. The van der Waals surface area contributed by atoms with Gasteiger partial charge in [-0.05, 0) is 35.7 Å². The SMILES string of the molecule is CC(C)CN1C(=O)c2ccccc2NC1c1ccc(F)c(F)c1. The summed E-state index contributed by atoms with van der Waals surface area (Å²) in [6, 6.07) is 11.0. The Morgan fingerprint density at radius 1 is 1.13 bits per heavy atom. The Labute approximate surface area is 133 Å². The van der Waals surface area contributed by atoms with Crippen molar-refractivity contribution in [3.05, 3.63) is 65.2 Å². The average molecular weight is 316 g/mol. The molecule has 1 N–H and O–H groups in total. The first-order valence-corrected chi connectivity index (χ1v) is 7.59. The molecular formula is C18H18F2N2O. The van der Waals surface area contributed by atoms with Gasteiger partial charge in [0.25, 0.3) is 5.91 Å². The number of amides is 1. The number of halogens is 2. The van der Waals surface area contributed by atoms with Gasteiger partial charge in [-0.1, -0.05) is 32.0 Å². The van der Waals surface area contributed by atoms with Gasteiger partial charge in [0.2, 0.25) is 0 Å².